The highest BCUT2D eigenvalue weighted by atomic mass is 16.5. The van der Waals surface area contributed by atoms with Crippen LogP contribution in [0.15, 0.2) is 35.4 Å². The molecular formula is C28H38N6O5. The highest BCUT2D eigenvalue weighted by Crippen LogP contribution is 2.23. The fraction of sp³-hybridized carbons (Fsp3) is 0.536. The Kier molecular flexibility index (Phi) is 9.83. The number of rotatable bonds is 12. The van der Waals surface area contributed by atoms with E-state index in [1.165, 1.54) is 0 Å². The third kappa shape index (κ3) is 6.90. The van der Waals surface area contributed by atoms with Crippen LogP contribution in [0.2, 0.25) is 0 Å². The van der Waals surface area contributed by atoms with Gasteiger partial charge in [0.15, 0.2) is 11.5 Å². The van der Waals surface area contributed by atoms with Crippen LogP contribution < -0.4 is 15.2 Å². The van der Waals surface area contributed by atoms with Gasteiger partial charge in [-0.3, -0.25) is 14.2 Å². The van der Waals surface area contributed by atoms with Crippen LogP contribution in [0, 0.1) is 0 Å². The molecule has 4 rings (SSSR count). The van der Waals surface area contributed by atoms with Crippen molar-refractivity contribution >= 4 is 22.9 Å². The van der Waals surface area contributed by atoms with E-state index >= 15 is 0 Å². The van der Waals surface area contributed by atoms with Crippen LogP contribution in [-0.2, 0) is 20.8 Å². The van der Waals surface area contributed by atoms with Gasteiger partial charge in [-0.25, -0.2) is 15.0 Å². The maximum Gasteiger partial charge on any atom is 0.294 e. The van der Waals surface area contributed by atoms with Gasteiger partial charge in [0.25, 0.3) is 5.56 Å². The van der Waals surface area contributed by atoms with Crippen molar-refractivity contribution in [2.24, 2.45) is 0 Å². The largest absolute Gasteiger partial charge is 0.481 e. The fourth-order valence-corrected chi connectivity index (χ4v) is 4.73. The lowest BCUT2D eigenvalue weighted by Gasteiger charge is -2.33. The molecule has 3 aromatic rings. The number of piperidine rings is 1. The molecule has 0 aromatic carbocycles. The summed E-state index contributed by atoms with van der Waals surface area (Å²) < 4.78 is 18.2. The number of hydrogen-bond acceptors (Lipinski definition) is 9. The van der Waals surface area contributed by atoms with E-state index in [1.54, 1.807) is 42.1 Å². The Balaban J connectivity index is 1.63. The van der Waals surface area contributed by atoms with Gasteiger partial charge in [0.2, 0.25) is 11.8 Å². The summed E-state index contributed by atoms with van der Waals surface area (Å²) in [7, 11) is 3.28. The Labute approximate surface area is 228 Å². The number of ether oxygens (including phenoxy) is 3. The molecule has 0 N–H and O–H groups in total. The third-order valence-electron chi connectivity index (χ3n) is 6.74. The molecule has 1 saturated heterocycles. The van der Waals surface area contributed by atoms with Crippen LogP contribution in [0.3, 0.4) is 0 Å². The molecule has 3 aromatic heterocycles. The van der Waals surface area contributed by atoms with Gasteiger partial charge >= 0.3 is 0 Å². The van der Waals surface area contributed by atoms with Gasteiger partial charge in [0.1, 0.15) is 0 Å². The molecule has 0 bridgehead atoms. The van der Waals surface area contributed by atoms with Crippen LogP contribution in [0.25, 0.3) is 22.3 Å². The van der Waals surface area contributed by atoms with Crippen molar-refractivity contribution in [3.63, 3.8) is 0 Å². The first-order valence-electron chi connectivity index (χ1n) is 13.5. The molecule has 1 amide bonds. The summed E-state index contributed by atoms with van der Waals surface area (Å²) in [6.07, 6.45) is 6.19. The number of carbonyl (C=O) groups excluding carboxylic acids is 1. The average Bonchev–Trinajstić information content (AvgIpc) is 2.96. The summed E-state index contributed by atoms with van der Waals surface area (Å²) in [6, 6.07) is 5.55. The number of amides is 1. The molecule has 210 valence electrons. The van der Waals surface area contributed by atoms with Gasteiger partial charge in [0.05, 0.1) is 31.9 Å². The van der Waals surface area contributed by atoms with Crippen LogP contribution in [0.5, 0.6) is 5.88 Å². The van der Waals surface area contributed by atoms with Gasteiger partial charge in [-0.15, -0.1) is 0 Å². The monoisotopic (exact) mass is 538 g/mol. The number of hydrogen-bond donors (Lipinski definition) is 0. The fourth-order valence-electron chi connectivity index (χ4n) is 4.73. The molecule has 0 saturated carbocycles. The molecule has 0 radical (unpaired) electrons. The molecule has 39 heavy (non-hydrogen) atoms. The summed E-state index contributed by atoms with van der Waals surface area (Å²) in [5.41, 5.74) is 2.35. The predicted octanol–water partition coefficient (Wildman–Crippen LogP) is 2.75. The number of anilines is 1. The van der Waals surface area contributed by atoms with Crippen molar-refractivity contribution in [3.8, 4) is 17.0 Å². The number of pyridine rings is 2. The van der Waals surface area contributed by atoms with Crippen LogP contribution >= 0.6 is 0 Å². The number of methoxy groups -OCH3 is 1. The highest BCUT2D eigenvalue weighted by molar-refractivity contribution is 5.82. The molecule has 1 atom stereocenters. The number of likely N-dealkylation sites (N-methyl/N-ethyl adjacent to an activating group) is 1. The lowest BCUT2D eigenvalue weighted by molar-refractivity contribution is -0.133. The second-order valence-electron chi connectivity index (χ2n) is 9.58. The zero-order valence-electron chi connectivity index (χ0n) is 23.3. The standard InChI is InChI=1S/C28H38N6O5/c1-5-13-38-14-12-34-23-15-21(20-9-10-24(37-4)29-16-20)17-30-26(23)31-27(28(34)36)32(3)19-25(35)33-11-7-8-22(18-33)39-6-2/h9-10,15-17,22H,5-8,11-14,18-19H2,1-4H3/t22-/m1/s1. The summed E-state index contributed by atoms with van der Waals surface area (Å²) >= 11 is 0. The van der Waals surface area contributed by atoms with E-state index in [4.69, 9.17) is 14.2 Å². The Morgan fingerprint density at radius 3 is 2.69 bits per heavy atom. The van der Waals surface area contributed by atoms with Gasteiger partial charge in [-0.1, -0.05) is 6.92 Å². The van der Waals surface area contributed by atoms with Crippen molar-refractivity contribution in [2.45, 2.75) is 45.8 Å². The van der Waals surface area contributed by atoms with Crippen LogP contribution in [0.1, 0.15) is 33.1 Å². The van der Waals surface area contributed by atoms with Gasteiger partial charge in [-0.2, -0.15) is 0 Å². The zero-order valence-corrected chi connectivity index (χ0v) is 23.3. The van der Waals surface area contributed by atoms with E-state index in [-0.39, 0.29) is 29.9 Å². The van der Waals surface area contributed by atoms with Crippen LogP contribution in [-0.4, -0.2) is 90.0 Å². The number of aromatic nitrogens is 4. The summed E-state index contributed by atoms with van der Waals surface area (Å²) in [6.45, 7) is 7.22. The van der Waals surface area contributed by atoms with E-state index < -0.39 is 0 Å². The van der Waals surface area contributed by atoms with Crippen LogP contribution in [0.4, 0.5) is 5.82 Å². The lowest BCUT2D eigenvalue weighted by Crippen LogP contribution is -2.47. The highest BCUT2D eigenvalue weighted by Gasteiger charge is 2.26. The molecule has 11 heteroatoms. The topological polar surface area (TPSA) is 112 Å². The number of nitrogens with zero attached hydrogens (tertiary/aromatic N) is 6. The van der Waals surface area contributed by atoms with Gasteiger partial charge in [0, 0.05) is 69.5 Å². The second-order valence-corrected chi connectivity index (χ2v) is 9.58. The first kappa shape index (κ1) is 28.4. The molecular weight excluding hydrogens is 500 g/mol. The molecule has 0 aliphatic carbocycles. The van der Waals surface area contributed by atoms with E-state index in [2.05, 4.69) is 15.0 Å². The lowest BCUT2D eigenvalue weighted by atomic mass is 10.1. The Morgan fingerprint density at radius 1 is 1.15 bits per heavy atom. The van der Waals surface area contributed by atoms with Crippen molar-refractivity contribution < 1.29 is 19.0 Å². The van der Waals surface area contributed by atoms with Gasteiger partial charge < -0.3 is 24.0 Å². The van der Waals surface area contributed by atoms with Gasteiger partial charge in [-0.05, 0) is 38.3 Å². The van der Waals surface area contributed by atoms with E-state index in [1.807, 2.05) is 30.9 Å². The molecule has 11 nitrogen and oxygen atoms in total. The smallest absolute Gasteiger partial charge is 0.294 e. The molecule has 0 spiro atoms. The average molecular weight is 539 g/mol. The van der Waals surface area contributed by atoms with Crippen molar-refractivity contribution in [1.29, 1.82) is 0 Å². The minimum atomic E-state index is -0.296. The minimum absolute atomic E-state index is 0.0362. The van der Waals surface area contributed by atoms with Crippen molar-refractivity contribution in [2.75, 3.05) is 58.5 Å². The van der Waals surface area contributed by atoms with E-state index in [0.717, 1.165) is 30.4 Å². The number of likely N-dealkylation sites (tertiary alicyclic amines) is 1. The minimum Gasteiger partial charge on any atom is -0.481 e. The zero-order chi connectivity index (χ0) is 27.8. The SMILES string of the molecule is CCCOCCn1c(=O)c(N(C)CC(=O)N2CCC[C@@H](OCC)C2)nc2ncc(-c3ccc(OC)nc3)cc21. The molecule has 4 heterocycles. The predicted molar refractivity (Wildman–Crippen MR) is 149 cm³/mol. The summed E-state index contributed by atoms with van der Waals surface area (Å²) in [4.78, 5) is 43.7. The quantitative estimate of drug-likeness (QED) is 0.321. The van der Waals surface area contributed by atoms with Crippen molar-refractivity contribution in [3.05, 3.63) is 40.9 Å². The third-order valence-corrected chi connectivity index (χ3v) is 6.74. The van der Waals surface area contributed by atoms with E-state index in [0.29, 0.717) is 56.5 Å². The number of fused-ring (bicyclic) bond motifs is 1. The molecule has 0 unspecified atom stereocenters. The molecule has 1 fully saturated rings. The normalized spacial score (nSPS) is 15.5. The maximum absolute atomic E-state index is 13.7. The van der Waals surface area contributed by atoms with E-state index in [9.17, 15) is 9.59 Å². The Morgan fingerprint density at radius 2 is 1.97 bits per heavy atom. The maximum atomic E-state index is 13.7. The Bertz CT molecular complexity index is 1310. The Hall–Kier alpha value is -3.57. The first-order chi connectivity index (χ1) is 18.9. The first-order valence-corrected chi connectivity index (χ1v) is 13.5. The number of carbonyl (C=O) groups is 1. The summed E-state index contributed by atoms with van der Waals surface area (Å²) in [5.74, 6) is 0.631. The van der Waals surface area contributed by atoms with Crippen molar-refractivity contribution in [1.82, 2.24) is 24.4 Å². The summed E-state index contributed by atoms with van der Waals surface area (Å²) in [5, 5.41) is 0. The second kappa shape index (κ2) is 13.5. The molecule has 1 aliphatic heterocycles. The molecule has 1 aliphatic rings.